The molecule has 1 amide bonds. The first-order chi connectivity index (χ1) is 17.8. The molecule has 1 saturated carbocycles. The van der Waals surface area contributed by atoms with Crippen molar-refractivity contribution in [1.82, 2.24) is 4.90 Å². The largest absolute Gasteiger partial charge is 0.496 e. The van der Waals surface area contributed by atoms with Crippen LogP contribution in [0.1, 0.15) is 67.4 Å². The summed E-state index contributed by atoms with van der Waals surface area (Å²) in [6, 6.07) is 8.13. The van der Waals surface area contributed by atoms with Crippen LogP contribution in [0.2, 0.25) is 0 Å². The van der Waals surface area contributed by atoms with Gasteiger partial charge in [-0.2, -0.15) is 26.3 Å². The van der Waals surface area contributed by atoms with E-state index in [0.29, 0.717) is 17.9 Å². The molecule has 0 radical (unpaired) electrons. The summed E-state index contributed by atoms with van der Waals surface area (Å²) < 4.78 is 91.5. The second-order valence-electron chi connectivity index (χ2n) is 10.5. The monoisotopic (exact) mass is 539 g/mol. The maximum Gasteiger partial charge on any atom is 0.416 e. The first-order valence-corrected chi connectivity index (χ1v) is 12.4. The average molecular weight is 540 g/mol. The van der Waals surface area contributed by atoms with Gasteiger partial charge in [-0.05, 0) is 85.4 Å². The summed E-state index contributed by atoms with van der Waals surface area (Å²) in [5.41, 5.74) is -0.0250. The van der Waals surface area contributed by atoms with E-state index in [-0.39, 0.29) is 23.6 Å². The molecule has 1 aliphatic heterocycles. The van der Waals surface area contributed by atoms with Crippen LogP contribution < -0.4 is 4.74 Å². The second kappa shape index (κ2) is 9.24. The maximum absolute atomic E-state index is 13.4. The van der Waals surface area contributed by atoms with E-state index >= 15 is 0 Å². The Bertz CT molecular complexity index is 1250. The SMILES string of the molecule is COc1ccccc1C1=C(CN2C(=O)O[C@H](c3cc(C(F)(F)F)cc(C(F)(F)F)c3)[C@@H]2C)CC2(CC1)CC2. The molecule has 0 unspecified atom stereocenters. The Kier molecular flexibility index (Phi) is 6.43. The molecule has 5 rings (SSSR count). The van der Waals surface area contributed by atoms with Gasteiger partial charge in [0, 0.05) is 12.1 Å². The van der Waals surface area contributed by atoms with E-state index in [1.54, 1.807) is 14.0 Å². The van der Waals surface area contributed by atoms with E-state index in [1.807, 2.05) is 24.3 Å². The molecule has 1 saturated heterocycles. The molecular weight excluding hydrogens is 512 g/mol. The van der Waals surface area contributed by atoms with Crippen LogP contribution in [0.5, 0.6) is 5.75 Å². The summed E-state index contributed by atoms with van der Waals surface area (Å²) >= 11 is 0. The maximum atomic E-state index is 13.4. The standard InChI is InChI=1S/C28H27F6NO3/c1-16-24(17-11-19(27(29,30)31)13-20(12-17)28(32,33)34)38-25(36)35(16)15-18-14-26(9-10-26)8-7-21(18)22-5-3-4-6-23(22)37-2/h3-6,11-13,16,24H,7-10,14-15H2,1-2H3/t16-,24-/m0/s1. The number of alkyl halides is 6. The number of cyclic esters (lactones) is 1. The Morgan fingerprint density at radius 2 is 1.63 bits per heavy atom. The van der Waals surface area contributed by atoms with Crippen molar-refractivity contribution in [3.05, 3.63) is 70.3 Å². The summed E-state index contributed by atoms with van der Waals surface area (Å²) in [7, 11) is 1.58. The number of nitrogens with zero attached hydrogens (tertiary/aromatic N) is 1. The number of amides is 1. The van der Waals surface area contributed by atoms with Crippen LogP contribution in [0.25, 0.3) is 5.57 Å². The van der Waals surface area contributed by atoms with Gasteiger partial charge in [0.05, 0.1) is 24.3 Å². The number of ether oxygens (including phenoxy) is 2. The minimum absolute atomic E-state index is 0.0736. The minimum atomic E-state index is -4.99. The third kappa shape index (κ3) is 4.97. The van der Waals surface area contributed by atoms with Crippen molar-refractivity contribution in [3.63, 3.8) is 0 Å². The summed E-state index contributed by atoms with van der Waals surface area (Å²) in [4.78, 5) is 14.4. The first-order valence-electron chi connectivity index (χ1n) is 12.4. The van der Waals surface area contributed by atoms with Crippen LogP contribution in [0, 0.1) is 5.41 Å². The first kappa shape index (κ1) is 26.4. The smallest absolute Gasteiger partial charge is 0.416 e. The number of benzene rings is 2. The van der Waals surface area contributed by atoms with Crippen molar-refractivity contribution < 1.29 is 40.6 Å². The predicted octanol–water partition coefficient (Wildman–Crippen LogP) is 8.03. The van der Waals surface area contributed by atoms with Crippen molar-refractivity contribution in [1.29, 1.82) is 0 Å². The van der Waals surface area contributed by atoms with Gasteiger partial charge in [-0.15, -0.1) is 0 Å². The Hall–Kier alpha value is -3.17. The van der Waals surface area contributed by atoms with Gasteiger partial charge in [-0.3, -0.25) is 4.90 Å². The van der Waals surface area contributed by atoms with Gasteiger partial charge in [0.2, 0.25) is 0 Å². The highest BCUT2D eigenvalue weighted by Crippen LogP contribution is 2.59. The fraction of sp³-hybridized carbons (Fsp3) is 0.464. The van der Waals surface area contributed by atoms with Crippen LogP contribution in [0.4, 0.5) is 31.1 Å². The zero-order chi connectivity index (χ0) is 27.5. The molecule has 2 aromatic carbocycles. The van der Waals surface area contributed by atoms with Gasteiger partial charge in [-0.1, -0.05) is 18.2 Å². The van der Waals surface area contributed by atoms with Gasteiger partial charge in [0.25, 0.3) is 0 Å². The van der Waals surface area contributed by atoms with Gasteiger partial charge < -0.3 is 9.47 Å². The van der Waals surface area contributed by atoms with Crippen LogP contribution in [-0.4, -0.2) is 30.7 Å². The minimum Gasteiger partial charge on any atom is -0.496 e. The van der Waals surface area contributed by atoms with Gasteiger partial charge in [-0.25, -0.2) is 4.79 Å². The van der Waals surface area contributed by atoms with Crippen LogP contribution >= 0.6 is 0 Å². The highest BCUT2D eigenvalue weighted by atomic mass is 19.4. The number of hydrogen-bond acceptors (Lipinski definition) is 3. The fourth-order valence-corrected chi connectivity index (χ4v) is 5.70. The van der Waals surface area contributed by atoms with Crippen molar-refractivity contribution in [3.8, 4) is 5.75 Å². The predicted molar refractivity (Wildman–Crippen MR) is 127 cm³/mol. The highest BCUT2D eigenvalue weighted by Gasteiger charge is 2.48. The Labute approximate surface area is 216 Å². The Morgan fingerprint density at radius 3 is 2.21 bits per heavy atom. The van der Waals surface area contributed by atoms with Crippen LogP contribution in [0.15, 0.2) is 48.0 Å². The number of allylic oxidation sites excluding steroid dienone is 1. The molecule has 0 aromatic heterocycles. The van der Waals surface area contributed by atoms with Crippen LogP contribution in [0.3, 0.4) is 0 Å². The highest BCUT2D eigenvalue weighted by molar-refractivity contribution is 5.77. The topological polar surface area (TPSA) is 38.8 Å². The van der Waals surface area contributed by atoms with Crippen LogP contribution in [-0.2, 0) is 17.1 Å². The zero-order valence-electron chi connectivity index (χ0n) is 20.9. The number of rotatable bonds is 5. The normalized spacial score (nSPS) is 23.2. The van der Waals surface area contributed by atoms with Gasteiger partial charge in [0.1, 0.15) is 11.9 Å². The molecule has 2 fully saturated rings. The average Bonchev–Trinajstić information content (AvgIpc) is 3.55. The zero-order valence-corrected chi connectivity index (χ0v) is 20.9. The van der Waals surface area contributed by atoms with Gasteiger partial charge in [0.15, 0.2) is 0 Å². The number of halogens is 6. The van der Waals surface area contributed by atoms with E-state index in [1.165, 1.54) is 4.90 Å². The molecule has 38 heavy (non-hydrogen) atoms. The number of hydrogen-bond donors (Lipinski definition) is 0. The lowest BCUT2D eigenvalue weighted by Gasteiger charge is -2.31. The summed E-state index contributed by atoms with van der Waals surface area (Å²) in [6.07, 6.45) is -7.28. The van der Waals surface area contributed by atoms with Crippen molar-refractivity contribution in [2.75, 3.05) is 13.7 Å². The summed E-state index contributed by atoms with van der Waals surface area (Å²) in [5, 5.41) is 0. The molecule has 2 atom stereocenters. The Morgan fingerprint density at radius 1 is 1.00 bits per heavy atom. The third-order valence-corrected chi connectivity index (χ3v) is 8.00. The lowest BCUT2D eigenvalue weighted by atomic mass is 9.78. The molecule has 1 heterocycles. The molecule has 3 aliphatic rings. The molecule has 4 nitrogen and oxygen atoms in total. The van der Waals surface area contributed by atoms with E-state index in [2.05, 4.69) is 0 Å². The molecule has 204 valence electrons. The fourth-order valence-electron chi connectivity index (χ4n) is 5.70. The molecular formula is C28H27F6NO3. The van der Waals surface area contributed by atoms with Crippen molar-refractivity contribution >= 4 is 11.7 Å². The third-order valence-electron chi connectivity index (χ3n) is 8.00. The van der Waals surface area contributed by atoms with E-state index < -0.39 is 41.7 Å². The summed E-state index contributed by atoms with van der Waals surface area (Å²) in [5.74, 6) is 0.699. The van der Waals surface area contributed by atoms with Gasteiger partial charge >= 0.3 is 18.4 Å². The van der Waals surface area contributed by atoms with Crippen molar-refractivity contribution in [2.45, 2.75) is 63.5 Å². The molecule has 2 aromatic rings. The van der Waals surface area contributed by atoms with E-state index in [0.717, 1.165) is 48.8 Å². The lowest BCUT2D eigenvalue weighted by Crippen LogP contribution is -2.35. The van der Waals surface area contributed by atoms with Crippen molar-refractivity contribution in [2.24, 2.45) is 5.41 Å². The lowest BCUT2D eigenvalue weighted by molar-refractivity contribution is -0.143. The number of carbonyl (C=O) groups excluding carboxylic acids is 1. The Balaban J connectivity index is 1.49. The molecule has 1 spiro atoms. The molecule has 0 bridgehead atoms. The molecule has 2 aliphatic carbocycles. The van der Waals surface area contributed by atoms with E-state index in [9.17, 15) is 31.1 Å². The number of carbonyl (C=O) groups is 1. The second-order valence-corrected chi connectivity index (χ2v) is 10.5. The quantitative estimate of drug-likeness (QED) is 0.361. The molecule has 0 N–H and O–H groups in total. The number of methoxy groups -OCH3 is 1. The summed E-state index contributed by atoms with van der Waals surface area (Å²) in [6.45, 7) is 1.76. The number of para-hydroxylation sites is 1. The molecule has 10 heteroatoms. The van der Waals surface area contributed by atoms with E-state index in [4.69, 9.17) is 9.47 Å².